The number of nitrogens with zero attached hydrogens (tertiary/aromatic N) is 1. The number of carbonyl (C=O) groups excluding carboxylic acids is 1. The summed E-state index contributed by atoms with van der Waals surface area (Å²) in [7, 11) is 0. The molecule has 108 valence electrons. The highest BCUT2D eigenvalue weighted by Crippen LogP contribution is 2.08. The second kappa shape index (κ2) is 7.00. The summed E-state index contributed by atoms with van der Waals surface area (Å²) in [5, 5.41) is 14.8. The van der Waals surface area contributed by atoms with Crippen molar-refractivity contribution in [3.05, 3.63) is 29.6 Å². The molecule has 0 radical (unpaired) electrons. The average molecular weight is 277 g/mol. The average Bonchev–Trinajstić information content (AvgIpc) is 2.74. The van der Waals surface area contributed by atoms with E-state index >= 15 is 0 Å². The van der Waals surface area contributed by atoms with Gasteiger partial charge < -0.3 is 15.7 Å². The molecule has 6 nitrogen and oxygen atoms in total. The molecule has 20 heavy (non-hydrogen) atoms. The van der Waals surface area contributed by atoms with E-state index in [0.29, 0.717) is 6.54 Å². The van der Waals surface area contributed by atoms with Crippen LogP contribution in [0.5, 0.6) is 0 Å². The van der Waals surface area contributed by atoms with Crippen molar-refractivity contribution in [3.8, 4) is 0 Å². The Balaban J connectivity index is 1.84. The Labute approximate surface area is 117 Å². The lowest BCUT2D eigenvalue weighted by atomic mass is 10.1. The number of carbonyl (C=O) groups is 2. The number of amides is 1. The van der Waals surface area contributed by atoms with Crippen molar-refractivity contribution >= 4 is 11.9 Å². The van der Waals surface area contributed by atoms with Gasteiger partial charge in [-0.15, -0.1) is 0 Å². The summed E-state index contributed by atoms with van der Waals surface area (Å²) >= 11 is 0. The normalized spacial score (nSPS) is 19.1. The number of hydrogen-bond acceptors (Lipinski definition) is 4. The van der Waals surface area contributed by atoms with Crippen LogP contribution in [0.1, 0.15) is 41.7 Å². The lowest BCUT2D eigenvalue weighted by Gasteiger charge is -2.15. The molecule has 1 saturated heterocycles. The van der Waals surface area contributed by atoms with Gasteiger partial charge in [0.05, 0.1) is 6.04 Å². The Morgan fingerprint density at radius 3 is 2.90 bits per heavy atom. The summed E-state index contributed by atoms with van der Waals surface area (Å²) in [5.41, 5.74) is 0.794. The van der Waals surface area contributed by atoms with Gasteiger partial charge >= 0.3 is 5.97 Å². The zero-order chi connectivity index (χ0) is 14.4. The second-order valence-electron chi connectivity index (χ2n) is 4.93. The van der Waals surface area contributed by atoms with Gasteiger partial charge in [0, 0.05) is 12.7 Å². The van der Waals surface area contributed by atoms with Gasteiger partial charge in [0.1, 0.15) is 5.69 Å². The number of rotatable bonds is 4. The van der Waals surface area contributed by atoms with Crippen molar-refractivity contribution in [1.29, 1.82) is 0 Å². The first-order chi connectivity index (χ1) is 9.66. The van der Waals surface area contributed by atoms with E-state index in [0.717, 1.165) is 37.8 Å². The maximum atomic E-state index is 12.0. The van der Waals surface area contributed by atoms with Gasteiger partial charge in [-0.05, 0) is 31.0 Å². The Morgan fingerprint density at radius 2 is 2.20 bits per heavy atom. The molecule has 0 spiro atoms. The smallest absolute Gasteiger partial charge is 0.354 e. The summed E-state index contributed by atoms with van der Waals surface area (Å²) in [4.78, 5) is 26.5. The Kier molecular flexibility index (Phi) is 5.06. The van der Waals surface area contributed by atoms with Crippen molar-refractivity contribution in [2.45, 2.75) is 38.3 Å². The molecule has 1 aromatic heterocycles. The fraction of sp³-hybridized carbons (Fsp3) is 0.500. The minimum Gasteiger partial charge on any atom is -0.477 e. The van der Waals surface area contributed by atoms with Gasteiger partial charge in [-0.1, -0.05) is 18.9 Å². The van der Waals surface area contributed by atoms with E-state index in [1.807, 2.05) is 0 Å². The summed E-state index contributed by atoms with van der Waals surface area (Å²) in [6.45, 7) is 1.25. The van der Waals surface area contributed by atoms with Crippen LogP contribution in [0.3, 0.4) is 0 Å². The van der Waals surface area contributed by atoms with E-state index in [2.05, 4.69) is 15.6 Å². The van der Waals surface area contributed by atoms with Crippen LogP contribution in [0.4, 0.5) is 0 Å². The standard InChI is InChI=1S/C14H19N3O3/c18-13(11-4-2-1-3-7-15-11)17-9-10-5-6-12(14(19)20)16-8-10/h5-6,8,11,15H,1-4,7,9H2,(H,17,18)(H,19,20). The zero-order valence-corrected chi connectivity index (χ0v) is 11.3. The number of aromatic nitrogens is 1. The lowest BCUT2D eigenvalue weighted by molar-refractivity contribution is -0.123. The van der Waals surface area contributed by atoms with E-state index in [1.165, 1.54) is 12.3 Å². The first kappa shape index (κ1) is 14.5. The largest absolute Gasteiger partial charge is 0.477 e. The highest BCUT2D eigenvalue weighted by molar-refractivity contribution is 5.85. The molecule has 1 amide bonds. The maximum Gasteiger partial charge on any atom is 0.354 e. The van der Waals surface area contributed by atoms with Crippen LogP contribution in [0, 0.1) is 0 Å². The molecule has 3 N–H and O–H groups in total. The number of carboxylic acids is 1. The molecular weight excluding hydrogens is 258 g/mol. The SMILES string of the molecule is O=C(O)c1ccc(CNC(=O)C2CCCCCN2)cn1. The third-order valence-electron chi connectivity index (χ3n) is 3.39. The van der Waals surface area contributed by atoms with E-state index in [1.54, 1.807) is 6.07 Å². The van der Waals surface area contributed by atoms with Gasteiger partial charge in [-0.3, -0.25) is 4.79 Å². The van der Waals surface area contributed by atoms with Gasteiger partial charge in [-0.2, -0.15) is 0 Å². The number of carboxylic acid groups (broad SMARTS) is 1. The van der Waals surface area contributed by atoms with Crippen LogP contribution in [0.25, 0.3) is 0 Å². The van der Waals surface area contributed by atoms with Crippen molar-refractivity contribution in [2.75, 3.05) is 6.54 Å². The molecule has 0 aliphatic carbocycles. The predicted molar refractivity (Wildman–Crippen MR) is 73.3 cm³/mol. The first-order valence-electron chi connectivity index (χ1n) is 6.86. The Bertz CT molecular complexity index is 465. The minimum atomic E-state index is -1.05. The molecule has 2 rings (SSSR count). The number of nitrogens with one attached hydrogen (secondary N) is 2. The van der Waals surface area contributed by atoms with Gasteiger partial charge in [0.25, 0.3) is 0 Å². The van der Waals surface area contributed by atoms with Gasteiger partial charge in [0.2, 0.25) is 5.91 Å². The first-order valence-corrected chi connectivity index (χ1v) is 6.86. The van der Waals surface area contributed by atoms with Crippen molar-refractivity contribution in [2.24, 2.45) is 0 Å². The van der Waals surface area contributed by atoms with E-state index in [9.17, 15) is 9.59 Å². The van der Waals surface area contributed by atoms with Crippen molar-refractivity contribution < 1.29 is 14.7 Å². The van der Waals surface area contributed by atoms with Gasteiger partial charge in [0.15, 0.2) is 0 Å². The number of hydrogen-bond donors (Lipinski definition) is 3. The molecule has 1 atom stereocenters. The summed E-state index contributed by atoms with van der Waals surface area (Å²) < 4.78 is 0. The van der Waals surface area contributed by atoms with Crippen LogP contribution in [-0.4, -0.2) is 34.6 Å². The van der Waals surface area contributed by atoms with Crippen molar-refractivity contribution in [3.63, 3.8) is 0 Å². The monoisotopic (exact) mass is 277 g/mol. The van der Waals surface area contributed by atoms with Gasteiger partial charge in [-0.25, -0.2) is 9.78 Å². The molecule has 0 bridgehead atoms. The molecule has 2 heterocycles. The highest BCUT2D eigenvalue weighted by Gasteiger charge is 2.18. The summed E-state index contributed by atoms with van der Waals surface area (Å²) in [5.74, 6) is -1.06. The quantitative estimate of drug-likeness (QED) is 0.761. The fourth-order valence-electron chi connectivity index (χ4n) is 2.22. The molecule has 1 unspecified atom stereocenters. The van der Waals surface area contributed by atoms with Crippen molar-refractivity contribution in [1.82, 2.24) is 15.6 Å². The molecule has 6 heteroatoms. The topological polar surface area (TPSA) is 91.3 Å². The summed E-state index contributed by atoms with van der Waals surface area (Å²) in [6.07, 6.45) is 5.69. The molecule has 1 aliphatic rings. The maximum absolute atomic E-state index is 12.0. The predicted octanol–water partition coefficient (Wildman–Crippen LogP) is 0.928. The molecule has 1 aliphatic heterocycles. The molecular formula is C14H19N3O3. The van der Waals surface area contributed by atoms with Crippen LogP contribution >= 0.6 is 0 Å². The third kappa shape index (κ3) is 4.03. The second-order valence-corrected chi connectivity index (χ2v) is 4.93. The highest BCUT2D eigenvalue weighted by atomic mass is 16.4. The fourth-order valence-corrected chi connectivity index (χ4v) is 2.22. The lowest BCUT2D eigenvalue weighted by Crippen LogP contribution is -2.43. The third-order valence-corrected chi connectivity index (χ3v) is 3.39. The van der Waals surface area contributed by atoms with Crippen LogP contribution in [0.15, 0.2) is 18.3 Å². The van der Waals surface area contributed by atoms with Crippen LogP contribution in [-0.2, 0) is 11.3 Å². The summed E-state index contributed by atoms with van der Waals surface area (Å²) in [6, 6.07) is 2.98. The number of pyridine rings is 1. The molecule has 1 aromatic rings. The minimum absolute atomic E-state index is 0.00510. The Hall–Kier alpha value is -1.95. The molecule has 1 fully saturated rings. The van der Waals surface area contributed by atoms with E-state index in [-0.39, 0.29) is 17.6 Å². The molecule has 0 aromatic carbocycles. The zero-order valence-electron chi connectivity index (χ0n) is 11.3. The van der Waals surface area contributed by atoms with E-state index < -0.39 is 5.97 Å². The molecule has 0 saturated carbocycles. The number of aromatic carboxylic acids is 1. The van der Waals surface area contributed by atoms with Crippen LogP contribution in [0.2, 0.25) is 0 Å². The Morgan fingerprint density at radius 1 is 1.35 bits per heavy atom. The van der Waals surface area contributed by atoms with Crippen LogP contribution < -0.4 is 10.6 Å². The van der Waals surface area contributed by atoms with E-state index in [4.69, 9.17) is 5.11 Å².